The molecule has 1 unspecified atom stereocenters. The van der Waals surface area contributed by atoms with Crippen molar-refractivity contribution in [3.05, 3.63) is 47.5 Å². The van der Waals surface area contributed by atoms with Gasteiger partial charge in [-0.15, -0.1) is 0 Å². The third kappa shape index (κ3) is 4.34. The van der Waals surface area contributed by atoms with E-state index in [1.807, 2.05) is 6.07 Å². The van der Waals surface area contributed by atoms with Gasteiger partial charge in [-0.2, -0.15) is 0 Å². The highest BCUT2D eigenvalue weighted by Gasteiger charge is 2.32. The fourth-order valence-electron chi connectivity index (χ4n) is 2.85. The van der Waals surface area contributed by atoms with Crippen LogP contribution in [0.5, 0.6) is 0 Å². The molecule has 1 aliphatic heterocycles. The molecule has 1 saturated heterocycles. The predicted octanol–water partition coefficient (Wildman–Crippen LogP) is 0.733. The molecule has 0 saturated carbocycles. The van der Waals surface area contributed by atoms with Crippen LogP contribution in [0.15, 0.2) is 30.6 Å². The van der Waals surface area contributed by atoms with Gasteiger partial charge in [-0.3, -0.25) is 9.78 Å². The molecule has 138 valence electrons. The Bertz CT molecular complexity index is 902. The van der Waals surface area contributed by atoms with Crippen LogP contribution >= 0.6 is 0 Å². The van der Waals surface area contributed by atoms with E-state index < -0.39 is 9.84 Å². The van der Waals surface area contributed by atoms with Crippen LogP contribution in [0.25, 0.3) is 0 Å². The molecule has 1 amide bonds. The highest BCUT2D eigenvalue weighted by Crippen LogP contribution is 2.20. The van der Waals surface area contributed by atoms with Gasteiger partial charge in [0.25, 0.3) is 5.91 Å². The van der Waals surface area contributed by atoms with Crippen LogP contribution in [0.3, 0.4) is 0 Å². The van der Waals surface area contributed by atoms with Crippen LogP contribution in [0, 0.1) is 6.92 Å². The minimum atomic E-state index is -3.01. The lowest BCUT2D eigenvalue weighted by Gasteiger charge is -2.23. The second-order valence-electron chi connectivity index (χ2n) is 6.41. The molecule has 2 aromatic rings. The van der Waals surface area contributed by atoms with Crippen molar-refractivity contribution >= 4 is 21.7 Å². The van der Waals surface area contributed by atoms with Gasteiger partial charge in [0.05, 0.1) is 11.5 Å². The number of aromatic nitrogens is 3. The summed E-state index contributed by atoms with van der Waals surface area (Å²) in [5.41, 5.74) is 1.79. The summed E-state index contributed by atoms with van der Waals surface area (Å²) >= 11 is 0. The molecule has 1 fully saturated rings. The van der Waals surface area contributed by atoms with E-state index in [0.717, 1.165) is 5.56 Å². The summed E-state index contributed by atoms with van der Waals surface area (Å²) < 4.78 is 23.4. The molecule has 26 heavy (non-hydrogen) atoms. The fraction of sp³-hybridized carbons (Fsp3) is 0.412. The molecule has 0 aromatic carbocycles. The van der Waals surface area contributed by atoms with E-state index in [9.17, 15) is 13.2 Å². The van der Waals surface area contributed by atoms with Crippen molar-refractivity contribution in [1.29, 1.82) is 0 Å². The van der Waals surface area contributed by atoms with Crippen LogP contribution in [-0.4, -0.2) is 53.9 Å². The molecule has 1 aliphatic rings. The predicted molar refractivity (Wildman–Crippen MR) is 97.6 cm³/mol. The summed E-state index contributed by atoms with van der Waals surface area (Å²) in [6.07, 6.45) is 3.90. The number of aryl methyl sites for hydroxylation is 1. The third-order valence-electron chi connectivity index (χ3n) is 4.32. The lowest BCUT2D eigenvalue weighted by Crippen LogP contribution is -2.34. The van der Waals surface area contributed by atoms with Crippen molar-refractivity contribution in [2.45, 2.75) is 25.9 Å². The highest BCUT2D eigenvalue weighted by molar-refractivity contribution is 7.91. The second-order valence-corrected chi connectivity index (χ2v) is 8.64. The first-order valence-electron chi connectivity index (χ1n) is 8.30. The lowest BCUT2D eigenvalue weighted by atomic mass is 10.2. The molecule has 1 atom stereocenters. The Morgan fingerprint density at radius 3 is 2.85 bits per heavy atom. The Hall–Kier alpha value is -2.55. The summed E-state index contributed by atoms with van der Waals surface area (Å²) in [4.78, 5) is 26.9. The number of amides is 1. The van der Waals surface area contributed by atoms with E-state index in [2.05, 4.69) is 20.3 Å². The van der Waals surface area contributed by atoms with E-state index in [1.54, 1.807) is 43.4 Å². The van der Waals surface area contributed by atoms with Crippen LogP contribution in [0.1, 0.15) is 28.2 Å². The maximum atomic E-state index is 12.4. The molecule has 1 N–H and O–H groups in total. The maximum absolute atomic E-state index is 12.4. The Morgan fingerprint density at radius 2 is 2.19 bits per heavy atom. The summed E-state index contributed by atoms with van der Waals surface area (Å²) in [5, 5.41) is 2.81. The normalized spacial score (nSPS) is 18.5. The van der Waals surface area contributed by atoms with Crippen LogP contribution < -0.4 is 10.2 Å². The maximum Gasteiger partial charge on any atom is 0.270 e. The van der Waals surface area contributed by atoms with E-state index in [4.69, 9.17) is 0 Å². The third-order valence-corrected chi connectivity index (χ3v) is 6.07. The molecule has 0 spiro atoms. The zero-order chi connectivity index (χ0) is 18.7. The Kier molecular flexibility index (Phi) is 5.17. The van der Waals surface area contributed by atoms with Gasteiger partial charge in [0, 0.05) is 37.7 Å². The first kappa shape index (κ1) is 18.2. The van der Waals surface area contributed by atoms with Gasteiger partial charge < -0.3 is 10.2 Å². The molecule has 9 heteroatoms. The smallest absolute Gasteiger partial charge is 0.270 e. The van der Waals surface area contributed by atoms with E-state index in [-0.39, 0.29) is 29.1 Å². The second kappa shape index (κ2) is 7.36. The van der Waals surface area contributed by atoms with Crippen molar-refractivity contribution in [1.82, 2.24) is 20.3 Å². The molecule has 0 radical (unpaired) electrons. The number of anilines is 1. The lowest BCUT2D eigenvalue weighted by molar-refractivity contribution is 0.0945. The van der Waals surface area contributed by atoms with Crippen molar-refractivity contribution in [3.8, 4) is 0 Å². The highest BCUT2D eigenvalue weighted by atomic mass is 32.2. The van der Waals surface area contributed by atoms with Crippen molar-refractivity contribution in [3.63, 3.8) is 0 Å². The Morgan fingerprint density at radius 1 is 1.38 bits per heavy atom. The SMILES string of the molecule is Cc1cc(C(=O)NCc2cccnc2)nc(N(C)C2CCS(=O)(=O)C2)n1. The van der Waals surface area contributed by atoms with Crippen LogP contribution in [0.4, 0.5) is 5.95 Å². The fourth-order valence-corrected chi connectivity index (χ4v) is 4.62. The Labute approximate surface area is 152 Å². The first-order valence-corrected chi connectivity index (χ1v) is 10.1. The topological polar surface area (TPSA) is 105 Å². The summed E-state index contributed by atoms with van der Waals surface area (Å²) in [7, 11) is -1.25. The number of carbonyl (C=O) groups excluding carboxylic acids is 1. The molecule has 2 aromatic heterocycles. The van der Waals surface area contributed by atoms with E-state index >= 15 is 0 Å². The molecule has 0 bridgehead atoms. The van der Waals surface area contributed by atoms with Gasteiger partial charge in [0.2, 0.25) is 5.95 Å². The molecule has 8 nitrogen and oxygen atoms in total. The number of rotatable bonds is 5. The average molecular weight is 375 g/mol. The van der Waals surface area contributed by atoms with Gasteiger partial charge in [-0.25, -0.2) is 18.4 Å². The minimum Gasteiger partial charge on any atom is -0.347 e. The summed E-state index contributed by atoms with van der Waals surface area (Å²) in [6, 6.07) is 5.12. The molecule has 3 heterocycles. The number of pyridine rings is 1. The first-order chi connectivity index (χ1) is 12.3. The number of hydrogen-bond donors (Lipinski definition) is 1. The number of nitrogens with zero attached hydrogens (tertiary/aromatic N) is 4. The largest absolute Gasteiger partial charge is 0.347 e. The van der Waals surface area contributed by atoms with Gasteiger partial charge in [-0.1, -0.05) is 6.07 Å². The van der Waals surface area contributed by atoms with Crippen LogP contribution in [0.2, 0.25) is 0 Å². The van der Waals surface area contributed by atoms with Crippen molar-refractivity contribution in [2.24, 2.45) is 0 Å². The van der Waals surface area contributed by atoms with Gasteiger partial charge in [0.15, 0.2) is 9.84 Å². The standard InChI is InChI=1S/C17H21N5O3S/c1-12-8-15(16(23)19-10-13-4-3-6-18-9-13)21-17(20-12)22(2)14-5-7-26(24,25)11-14/h3-4,6,8-9,14H,5,7,10-11H2,1-2H3,(H,19,23). The molecular weight excluding hydrogens is 354 g/mol. The number of nitrogens with one attached hydrogen (secondary N) is 1. The quantitative estimate of drug-likeness (QED) is 0.821. The van der Waals surface area contributed by atoms with Gasteiger partial charge in [0.1, 0.15) is 5.69 Å². The zero-order valence-electron chi connectivity index (χ0n) is 14.7. The number of sulfone groups is 1. The van der Waals surface area contributed by atoms with Crippen molar-refractivity contribution < 1.29 is 13.2 Å². The van der Waals surface area contributed by atoms with Crippen molar-refractivity contribution in [2.75, 3.05) is 23.5 Å². The van der Waals surface area contributed by atoms with E-state index in [0.29, 0.717) is 24.6 Å². The summed E-state index contributed by atoms with van der Waals surface area (Å²) in [5.74, 6) is 0.307. The number of hydrogen-bond acceptors (Lipinski definition) is 7. The van der Waals surface area contributed by atoms with Gasteiger partial charge >= 0.3 is 0 Å². The monoisotopic (exact) mass is 375 g/mol. The molecule has 3 rings (SSSR count). The molecular formula is C17H21N5O3S. The Balaban J connectivity index is 1.73. The zero-order valence-corrected chi connectivity index (χ0v) is 15.5. The average Bonchev–Trinajstić information content (AvgIpc) is 2.99. The minimum absolute atomic E-state index is 0.0866. The number of carbonyl (C=O) groups is 1. The van der Waals surface area contributed by atoms with E-state index in [1.165, 1.54) is 0 Å². The summed E-state index contributed by atoms with van der Waals surface area (Å²) in [6.45, 7) is 2.13. The van der Waals surface area contributed by atoms with Gasteiger partial charge in [-0.05, 0) is 31.0 Å². The van der Waals surface area contributed by atoms with Crippen LogP contribution in [-0.2, 0) is 16.4 Å². The molecule has 0 aliphatic carbocycles.